The summed E-state index contributed by atoms with van der Waals surface area (Å²) in [7, 11) is 0. The molecular formula is C12H11F3N4O2. The Kier molecular flexibility index (Phi) is 3.83. The second-order valence-electron chi connectivity index (χ2n) is 4.31. The van der Waals surface area contributed by atoms with E-state index in [1.54, 1.807) is 6.92 Å². The van der Waals surface area contributed by atoms with E-state index in [0.717, 1.165) is 12.1 Å². The number of anilines is 1. The third-order valence-corrected chi connectivity index (χ3v) is 2.81. The maximum Gasteiger partial charge on any atom is 0.416 e. The zero-order chi connectivity index (χ0) is 15.6. The van der Waals surface area contributed by atoms with Crippen LogP contribution in [0, 0.1) is 0 Å². The van der Waals surface area contributed by atoms with Crippen molar-refractivity contribution < 1.29 is 22.6 Å². The van der Waals surface area contributed by atoms with E-state index in [-0.39, 0.29) is 11.5 Å². The molecule has 1 unspecified atom stereocenters. The number of aromatic nitrogens is 2. The monoisotopic (exact) mass is 300 g/mol. The minimum atomic E-state index is -4.40. The summed E-state index contributed by atoms with van der Waals surface area (Å²) in [5.41, 5.74) is 4.95. The molecule has 0 bridgehead atoms. The predicted octanol–water partition coefficient (Wildman–Crippen LogP) is 2.16. The molecule has 0 radical (unpaired) electrons. The number of rotatable bonds is 3. The summed E-state index contributed by atoms with van der Waals surface area (Å²) < 4.78 is 41.7. The van der Waals surface area contributed by atoms with E-state index >= 15 is 0 Å². The molecule has 2 aromatic rings. The van der Waals surface area contributed by atoms with Crippen LogP contribution >= 0.6 is 0 Å². The number of alkyl halides is 3. The number of nitrogens with one attached hydrogen (secondary N) is 1. The van der Waals surface area contributed by atoms with Crippen LogP contribution in [0.5, 0.6) is 0 Å². The van der Waals surface area contributed by atoms with Gasteiger partial charge in [-0.2, -0.15) is 13.2 Å². The van der Waals surface area contributed by atoms with E-state index in [9.17, 15) is 18.0 Å². The third kappa shape index (κ3) is 3.30. The Morgan fingerprint density at radius 2 is 1.90 bits per heavy atom. The van der Waals surface area contributed by atoms with Crippen LogP contribution in [0.2, 0.25) is 0 Å². The summed E-state index contributed by atoms with van der Waals surface area (Å²) in [5, 5.41) is 9.13. The van der Waals surface area contributed by atoms with Crippen LogP contribution in [0.4, 0.5) is 19.0 Å². The molecule has 6 nitrogen and oxygen atoms in total. The van der Waals surface area contributed by atoms with Crippen LogP contribution in [0.25, 0.3) is 0 Å². The van der Waals surface area contributed by atoms with Crippen molar-refractivity contribution >= 4 is 11.7 Å². The average molecular weight is 300 g/mol. The van der Waals surface area contributed by atoms with Crippen molar-refractivity contribution in [3.05, 3.63) is 41.1 Å². The van der Waals surface area contributed by atoms with Gasteiger partial charge in [-0.25, -0.2) is 4.63 Å². The molecule has 1 aromatic heterocycles. The Morgan fingerprint density at radius 1 is 1.29 bits per heavy atom. The quantitative estimate of drug-likeness (QED) is 0.906. The molecule has 112 valence electrons. The van der Waals surface area contributed by atoms with Crippen LogP contribution in [-0.4, -0.2) is 16.2 Å². The predicted molar refractivity (Wildman–Crippen MR) is 66.0 cm³/mol. The summed E-state index contributed by atoms with van der Waals surface area (Å²) in [5.74, 6) is -0.784. The lowest BCUT2D eigenvalue weighted by atomic mass is 10.1. The number of carbonyl (C=O) groups is 1. The largest absolute Gasteiger partial charge is 0.416 e. The number of amides is 1. The molecule has 1 aromatic carbocycles. The van der Waals surface area contributed by atoms with Crippen LogP contribution in [-0.2, 0) is 6.18 Å². The topological polar surface area (TPSA) is 94.0 Å². The highest BCUT2D eigenvalue weighted by atomic mass is 19.4. The van der Waals surface area contributed by atoms with Gasteiger partial charge in [0.2, 0.25) is 11.5 Å². The van der Waals surface area contributed by atoms with Gasteiger partial charge in [-0.3, -0.25) is 4.79 Å². The lowest BCUT2D eigenvalue weighted by Gasteiger charge is -2.14. The van der Waals surface area contributed by atoms with E-state index in [0.29, 0.717) is 5.56 Å². The first-order valence-corrected chi connectivity index (χ1v) is 5.85. The molecule has 1 atom stereocenters. The Hall–Kier alpha value is -2.58. The molecule has 0 saturated heterocycles. The van der Waals surface area contributed by atoms with Crippen molar-refractivity contribution in [2.45, 2.75) is 19.1 Å². The SMILES string of the molecule is CC(NC(=O)c1nonc1N)c1ccc(C(F)(F)F)cc1. The van der Waals surface area contributed by atoms with Crippen molar-refractivity contribution in [3.8, 4) is 0 Å². The van der Waals surface area contributed by atoms with Crippen LogP contribution < -0.4 is 11.1 Å². The van der Waals surface area contributed by atoms with Gasteiger partial charge in [0.15, 0.2) is 0 Å². The zero-order valence-electron chi connectivity index (χ0n) is 10.8. The Morgan fingerprint density at radius 3 is 2.38 bits per heavy atom. The summed E-state index contributed by atoms with van der Waals surface area (Å²) in [6.45, 7) is 1.62. The molecule has 0 saturated carbocycles. The lowest BCUT2D eigenvalue weighted by Crippen LogP contribution is -2.27. The number of halogens is 3. The highest BCUT2D eigenvalue weighted by Gasteiger charge is 2.30. The van der Waals surface area contributed by atoms with Gasteiger partial charge in [-0.1, -0.05) is 12.1 Å². The number of nitrogens with zero attached hydrogens (tertiary/aromatic N) is 2. The van der Waals surface area contributed by atoms with Gasteiger partial charge in [0.1, 0.15) is 0 Å². The highest BCUT2D eigenvalue weighted by molar-refractivity contribution is 5.96. The van der Waals surface area contributed by atoms with Gasteiger partial charge in [-0.05, 0) is 34.9 Å². The molecule has 0 fully saturated rings. The van der Waals surface area contributed by atoms with Crippen molar-refractivity contribution in [1.29, 1.82) is 0 Å². The van der Waals surface area contributed by atoms with E-state index in [1.807, 2.05) is 0 Å². The molecule has 2 rings (SSSR count). The molecule has 0 aliphatic heterocycles. The van der Waals surface area contributed by atoms with Crippen LogP contribution in [0.15, 0.2) is 28.9 Å². The maximum absolute atomic E-state index is 12.5. The Balaban J connectivity index is 2.09. The molecule has 0 aliphatic carbocycles. The number of hydrogen-bond acceptors (Lipinski definition) is 5. The fourth-order valence-electron chi connectivity index (χ4n) is 1.66. The minimum Gasteiger partial charge on any atom is -0.379 e. The lowest BCUT2D eigenvalue weighted by molar-refractivity contribution is -0.137. The molecule has 0 spiro atoms. The molecule has 21 heavy (non-hydrogen) atoms. The third-order valence-electron chi connectivity index (χ3n) is 2.81. The fourth-order valence-corrected chi connectivity index (χ4v) is 1.66. The van der Waals surface area contributed by atoms with E-state index < -0.39 is 23.7 Å². The summed E-state index contributed by atoms with van der Waals surface area (Å²) in [6, 6.07) is 3.94. The summed E-state index contributed by atoms with van der Waals surface area (Å²) >= 11 is 0. The molecular weight excluding hydrogens is 289 g/mol. The minimum absolute atomic E-state index is 0.160. The second kappa shape index (κ2) is 5.43. The number of carbonyl (C=O) groups excluding carboxylic acids is 1. The van der Waals surface area contributed by atoms with Gasteiger partial charge in [0, 0.05) is 0 Å². The molecule has 0 aliphatic rings. The van der Waals surface area contributed by atoms with Crippen LogP contribution in [0.1, 0.15) is 34.6 Å². The standard InChI is InChI=1S/C12H11F3N4O2/c1-6(17-11(20)9-10(16)19-21-18-9)7-2-4-8(5-3-7)12(13,14)15/h2-6H,1H3,(H2,16,19)(H,17,20). The van der Waals surface area contributed by atoms with Gasteiger partial charge in [0.25, 0.3) is 5.91 Å². The highest BCUT2D eigenvalue weighted by Crippen LogP contribution is 2.29. The smallest absolute Gasteiger partial charge is 0.379 e. The number of hydrogen-bond donors (Lipinski definition) is 2. The van der Waals surface area contributed by atoms with E-state index in [4.69, 9.17) is 5.73 Å². The molecule has 1 heterocycles. The van der Waals surface area contributed by atoms with Gasteiger partial charge in [0.05, 0.1) is 11.6 Å². The Labute approximate surface area is 117 Å². The maximum atomic E-state index is 12.5. The van der Waals surface area contributed by atoms with Crippen LogP contribution in [0.3, 0.4) is 0 Å². The number of nitrogens with two attached hydrogens (primary N) is 1. The first-order chi connectivity index (χ1) is 9.79. The van der Waals surface area contributed by atoms with Crippen molar-refractivity contribution in [2.75, 3.05) is 5.73 Å². The summed E-state index contributed by atoms with van der Waals surface area (Å²) in [4.78, 5) is 11.8. The van der Waals surface area contributed by atoms with Crippen molar-refractivity contribution in [3.63, 3.8) is 0 Å². The zero-order valence-corrected chi connectivity index (χ0v) is 10.8. The molecule has 1 amide bonds. The van der Waals surface area contributed by atoms with Gasteiger partial charge in [-0.15, -0.1) is 0 Å². The first-order valence-electron chi connectivity index (χ1n) is 5.85. The van der Waals surface area contributed by atoms with Crippen molar-refractivity contribution in [1.82, 2.24) is 15.6 Å². The van der Waals surface area contributed by atoms with E-state index in [1.165, 1.54) is 12.1 Å². The fraction of sp³-hybridized carbons (Fsp3) is 0.250. The normalized spacial score (nSPS) is 13.0. The molecule has 9 heteroatoms. The van der Waals surface area contributed by atoms with Gasteiger partial charge >= 0.3 is 6.18 Å². The first kappa shape index (κ1) is 14.8. The second-order valence-corrected chi connectivity index (χ2v) is 4.31. The van der Waals surface area contributed by atoms with E-state index in [2.05, 4.69) is 20.3 Å². The van der Waals surface area contributed by atoms with Crippen molar-refractivity contribution in [2.24, 2.45) is 0 Å². The summed E-state index contributed by atoms with van der Waals surface area (Å²) in [6.07, 6.45) is -4.40. The molecule has 3 N–H and O–H groups in total. The number of nitrogen functional groups attached to an aromatic ring is 1. The Bertz CT molecular complexity index is 637. The average Bonchev–Trinajstić information content (AvgIpc) is 2.84. The van der Waals surface area contributed by atoms with Gasteiger partial charge < -0.3 is 11.1 Å². The number of benzene rings is 1.